The molecule has 0 aliphatic carbocycles. The van der Waals surface area contributed by atoms with Gasteiger partial charge in [0.1, 0.15) is 0 Å². The zero-order valence-electron chi connectivity index (χ0n) is 7.84. The molecular weight excluding hydrogens is 240 g/mol. The first-order valence-electron chi connectivity index (χ1n) is 4.20. The highest BCUT2D eigenvalue weighted by atomic mass is 35.5. The number of nitrogens with one attached hydrogen (secondary N) is 1. The van der Waals surface area contributed by atoms with Crippen molar-refractivity contribution in [3.05, 3.63) is 35.9 Å². The fourth-order valence-electron chi connectivity index (χ4n) is 1.00. The molecule has 82 valence electrons. The third-order valence-electron chi connectivity index (χ3n) is 1.57. The molecule has 0 bridgehead atoms. The number of halogens is 3. The van der Waals surface area contributed by atoms with E-state index in [1.165, 1.54) is 0 Å². The lowest BCUT2D eigenvalue weighted by Gasteiger charge is -2.10. The van der Waals surface area contributed by atoms with Crippen molar-refractivity contribution in [1.82, 2.24) is 0 Å². The smallest absolute Gasteiger partial charge is 0.288 e. The van der Waals surface area contributed by atoms with Crippen LogP contribution in [0.2, 0.25) is 0 Å². The van der Waals surface area contributed by atoms with Crippen molar-refractivity contribution in [1.29, 1.82) is 0 Å². The van der Waals surface area contributed by atoms with Crippen molar-refractivity contribution in [2.75, 3.05) is 11.9 Å². The SMILES string of the molecule is C=C(Cl)CNc1ccccc1SC(F)F. The van der Waals surface area contributed by atoms with Crippen LogP contribution in [0.3, 0.4) is 0 Å². The summed E-state index contributed by atoms with van der Waals surface area (Å²) in [6.45, 7) is 3.87. The molecule has 0 amide bonds. The highest BCUT2D eigenvalue weighted by Gasteiger charge is 2.08. The van der Waals surface area contributed by atoms with Crippen molar-refractivity contribution in [2.24, 2.45) is 0 Å². The molecule has 0 saturated carbocycles. The minimum atomic E-state index is -2.42. The quantitative estimate of drug-likeness (QED) is 0.787. The number of thioether (sulfide) groups is 1. The van der Waals surface area contributed by atoms with Crippen LogP contribution >= 0.6 is 23.4 Å². The predicted molar refractivity (Wildman–Crippen MR) is 61.8 cm³/mol. The van der Waals surface area contributed by atoms with Gasteiger partial charge in [0.25, 0.3) is 5.76 Å². The first-order valence-corrected chi connectivity index (χ1v) is 5.46. The molecule has 1 aromatic carbocycles. The van der Waals surface area contributed by atoms with Crippen molar-refractivity contribution < 1.29 is 8.78 Å². The van der Waals surface area contributed by atoms with Crippen LogP contribution in [-0.4, -0.2) is 12.3 Å². The molecule has 1 aromatic rings. The van der Waals surface area contributed by atoms with E-state index < -0.39 is 5.76 Å². The van der Waals surface area contributed by atoms with Crippen LogP contribution in [0.4, 0.5) is 14.5 Å². The number of hydrogen-bond acceptors (Lipinski definition) is 2. The number of alkyl halides is 2. The topological polar surface area (TPSA) is 12.0 Å². The van der Waals surface area contributed by atoms with Crippen molar-refractivity contribution in [3.8, 4) is 0 Å². The van der Waals surface area contributed by atoms with E-state index in [2.05, 4.69) is 11.9 Å². The molecule has 0 aromatic heterocycles. The molecule has 0 spiro atoms. The third kappa shape index (κ3) is 4.53. The van der Waals surface area contributed by atoms with E-state index in [9.17, 15) is 8.78 Å². The Balaban J connectivity index is 2.72. The number of hydrogen-bond donors (Lipinski definition) is 1. The Bertz CT molecular complexity index is 344. The van der Waals surface area contributed by atoms with E-state index in [0.717, 1.165) is 0 Å². The van der Waals surface area contributed by atoms with Crippen molar-refractivity contribution >= 4 is 29.1 Å². The average Bonchev–Trinajstić information content (AvgIpc) is 2.15. The lowest BCUT2D eigenvalue weighted by molar-refractivity contribution is 0.252. The van der Waals surface area contributed by atoms with E-state index in [1.54, 1.807) is 24.3 Å². The van der Waals surface area contributed by atoms with E-state index in [-0.39, 0.29) is 0 Å². The Morgan fingerprint density at radius 2 is 2.13 bits per heavy atom. The molecule has 0 aliphatic rings. The van der Waals surface area contributed by atoms with Crippen LogP contribution in [-0.2, 0) is 0 Å². The second-order valence-electron chi connectivity index (χ2n) is 2.75. The molecule has 0 radical (unpaired) electrons. The molecule has 0 aliphatic heterocycles. The fraction of sp³-hybridized carbons (Fsp3) is 0.200. The Hall–Kier alpha value is -0.740. The largest absolute Gasteiger partial charge is 0.379 e. The average molecular weight is 250 g/mol. The molecular formula is C10H10ClF2NS. The highest BCUT2D eigenvalue weighted by molar-refractivity contribution is 7.99. The molecule has 15 heavy (non-hydrogen) atoms. The van der Waals surface area contributed by atoms with E-state index in [4.69, 9.17) is 11.6 Å². The molecule has 0 unspecified atom stereocenters. The monoisotopic (exact) mass is 249 g/mol. The Morgan fingerprint density at radius 3 is 2.73 bits per heavy atom. The van der Waals surface area contributed by atoms with Gasteiger partial charge in [-0.05, 0) is 12.1 Å². The summed E-state index contributed by atoms with van der Waals surface area (Å²) >= 11 is 6.08. The molecule has 1 nitrogen and oxygen atoms in total. The van der Waals surface area contributed by atoms with Gasteiger partial charge in [0.15, 0.2) is 0 Å². The summed E-state index contributed by atoms with van der Waals surface area (Å²) in [6.07, 6.45) is 0. The molecule has 0 heterocycles. The summed E-state index contributed by atoms with van der Waals surface area (Å²) in [6, 6.07) is 6.85. The van der Waals surface area contributed by atoms with Gasteiger partial charge in [-0.25, -0.2) is 0 Å². The predicted octanol–water partition coefficient (Wildman–Crippen LogP) is 4.17. The minimum absolute atomic E-state index is 0.363. The molecule has 1 rings (SSSR count). The maximum absolute atomic E-state index is 12.2. The summed E-state index contributed by atoms with van der Waals surface area (Å²) in [5.74, 6) is -2.42. The zero-order valence-corrected chi connectivity index (χ0v) is 9.42. The number of benzene rings is 1. The Labute approximate surface area is 96.5 Å². The maximum atomic E-state index is 12.2. The van der Waals surface area contributed by atoms with Crippen LogP contribution < -0.4 is 5.32 Å². The molecule has 0 saturated heterocycles. The normalized spacial score (nSPS) is 10.4. The van der Waals surface area contributed by atoms with Crippen LogP contribution in [0.5, 0.6) is 0 Å². The summed E-state index contributed by atoms with van der Waals surface area (Å²) < 4.78 is 24.4. The van der Waals surface area contributed by atoms with Gasteiger partial charge >= 0.3 is 0 Å². The van der Waals surface area contributed by atoms with Gasteiger partial charge in [-0.3, -0.25) is 0 Å². The van der Waals surface area contributed by atoms with Gasteiger partial charge in [-0.15, -0.1) is 0 Å². The Morgan fingerprint density at radius 1 is 1.47 bits per heavy atom. The van der Waals surface area contributed by atoms with Crippen LogP contribution in [0, 0.1) is 0 Å². The first-order chi connectivity index (χ1) is 7.09. The standard InChI is InChI=1S/C10H10ClF2NS/c1-7(11)6-14-8-4-2-3-5-9(8)15-10(12)13/h2-5,10,14H,1,6H2. The summed E-state index contributed by atoms with van der Waals surface area (Å²) in [4.78, 5) is 0.505. The summed E-state index contributed by atoms with van der Waals surface area (Å²) in [7, 11) is 0. The number of para-hydroxylation sites is 1. The van der Waals surface area contributed by atoms with E-state index in [1.807, 2.05) is 0 Å². The second kappa shape index (κ2) is 5.98. The number of rotatable bonds is 5. The van der Waals surface area contributed by atoms with Crippen molar-refractivity contribution in [3.63, 3.8) is 0 Å². The second-order valence-corrected chi connectivity index (χ2v) is 4.31. The fourth-order valence-corrected chi connectivity index (χ4v) is 1.69. The van der Waals surface area contributed by atoms with Crippen LogP contribution in [0.15, 0.2) is 40.8 Å². The zero-order chi connectivity index (χ0) is 11.3. The summed E-state index contributed by atoms with van der Waals surface area (Å²) in [5, 5.41) is 3.37. The lowest BCUT2D eigenvalue weighted by Crippen LogP contribution is -2.02. The molecule has 0 fully saturated rings. The highest BCUT2D eigenvalue weighted by Crippen LogP contribution is 2.31. The molecule has 5 heteroatoms. The third-order valence-corrected chi connectivity index (χ3v) is 2.50. The molecule has 0 atom stereocenters. The van der Waals surface area contributed by atoms with E-state index >= 15 is 0 Å². The molecule has 1 N–H and O–H groups in total. The van der Waals surface area contributed by atoms with Crippen LogP contribution in [0.25, 0.3) is 0 Å². The van der Waals surface area contributed by atoms with E-state index in [0.29, 0.717) is 33.9 Å². The first kappa shape index (κ1) is 12.3. The maximum Gasteiger partial charge on any atom is 0.288 e. The van der Waals surface area contributed by atoms with Gasteiger partial charge in [-0.1, -0.05) is 42.1 Å². The van der Waals surface area contributed by atoms with Crippen molar-refractivity contribution in [2.45, 2.75) is 10.7 Å². The van der Waals surface area contributed by atoms with Gasteiger partial charge in [0.2, 0.25) is 0 Å². The van der Waals surface area contributed by atoms with Gasteiger partial charge in [0.05, 0.1) is 6.54 Å². The van der Waals surface area contributed by atoms with Crippen LogP contribution in [0.1, 0.15) is 0 Å². The van der Waals surface area contributed by atoms with Gasteiger partial charge in [-0.2, -0.15) is 8.78 Å². The summed E-state index contributed by atoms with van der Waals surface area (Å²) in [5.41, 5.74) is 0.643. The van der Waals surface area contributed by atoms with Gasteiger partial charge in [0, 0.05) is 15.6 Å². The number of anilines is 1. The minimum Gasteiger partial charge on any atom is -0.379 e. The lowest BCUT2D eigenvalue weighted by atomic mass is 10.3. The Kier molecular flexibility index (Phi) is 4.91. The van der Waals surface area contributed by atoms with Gasteiger partial charge < -0.3 is 5.32 Å².